The van der Waals surface area contributed by atoms with E-state index in [9.17, 15) is 9.59 Å². The molecule has 0 aliphatic heterocycles. The SMILES string of the molecule is CC[C@H](C)[C@H](NC(=O)CC(C)C)C(=O)Nc1nnc(-c2cccc(C)c2)s1. The Hall–Kier alpha value is -2.28. The number of amides is 2. The molecule has 2 N–H and O–H groups in total. The third-order valence-electron chi connectivity index (χ3n) is 4.33. The number of aryl methyl sites for hydroxylation is 1. The largest absolute Gasteiger partial charge is 0.344 e. The van der Waals surface area contributed by atoms with Crippen molar-refractivity contribution in [1.82, 2.24) is 15.5 Å². The quantitative estimate of drug-likeness (QED) is 0.715. The summed E-state index contributed by atoms with van der Waals surface area (Å²) in [4.78, 5) is 24.9. The summed E-state index contributed by atoms with van der Waals surface area (Å²) in [5.74, 6) is -0.104. The molecule has 146 valence electrons. The molecule has 0 aliphatic carbocycles. The van der Waals surface area contributed by atoms with Crippen molar-refractivity contribution < 1.29 is 9.59 Å². The van der Waals surface area contributed by atoms with Gasteiger partial charge in [-0.3, -0.25) is 14.9 Å². The summed E-state index contributed by atoms with van der Waals surface area (Å²) < 4.78 is 0. The van der Waals surface area contributed by atoms with Gasteiger partial charge in [0.2, 0.25) is 16.9 Å². The van der Waals surface area contributed by atoms with E-state index in [0.29, 0.717) is 11.6 Å². The molecule has 0 radical (unpaired) electrons. The van der Waals surface area contributed by atoms with E-state index in [4.69, 9.17) is 0 Å². The first-order chi connectivity index (χ1) is 12.8. The van der Waals surface area contributed by atoms with Gasteiger partial charge in [0.05, 0.1) is 0 Å². The highest BCUT2D eigenvalue weighted by molar-refractivity contribution is 7.18. The number of rotatable bonds is 8. The predicted molar refractivity (Wildman–Crippen MR) is 110 cm³/mol. The van der Waals surface area contributed by atoms with Crippen LogP contribution >= 0.6 is 11.3 Å². The van der Waals surface area contributed by atoms with Crippen molar-refractivity contribution in [2.75, 3.05) is 5.32 Å². The second-order valence-electron chi connectivity index (χ2n) is 7.30. The van der Waals surface area contributed by atoms with Gasteiger partial charge in [0.25, 0.3) is 0 Å². The second-order valence-corrected chi connectivity index (χ2v) is 8.28. The van der Waals surface area contributed by atoms with Crippen molar-refractivity contribution in [3.8, 4) is 10.6 Å². The van der Waals surface area contributed by atoms with E-state index in [2.05, 4.69) is 20.8 Å². The van der Waals surface area contributed by atoms with Crippen molar-refractivity contribution >= 4 is 28.3 Å². The van der Waals surface area contributed by atoms with Gasteiger partial charge in [0.1, 0.15) is 11.0 Å². The molecule has 0 bridgehead atoms. The monoisotopic (exact) mass is 388 g/mol. The van der Waals surface area contributed by atoms with Gasteiger partial charge >= 0.3 is 0 Å². The maximum absolute atomic E-state index is 12.7. The maximum atomic E-state index is 12.7. The molecule has 7 heteroatoms. The van der Waals surface area contributed by atoms with Gasteiger partial charge in [0, 0.05) is 12.0 Å². The average molecular weight is 389 g/mol. The minimum absolute atomic E-state index is 0.0188. The van der Waals surface area contributed by atoms with Crippen LogP contribution in [0.15, 0.2) is 24.3 Å². The summed E-state index contributed by atoms with van der Waals surface area (Å²) in [5, 5.41) is 15.1. The Morgan fingerprint density at radius 3 is 2.56 bits per heavy atom. The lowest BCUT2D eigenvalue weighted by molar-refractivity contribution is -0.128. The molecule has 27 heavy (non-hydrogen) atoms. The van der Waals surface area contributed by atoms with Gasteiger partial charge < -0.3 is 5.32 Å². The number of carbonyl (C=O) groups excluding carboxylic acids is 2. The summed E-state index contributed by atoms with van der Waals surface area (Å²) in [6.45, 7) is 9.93. The minimum Gasteiger partial charge on any atom is -0.344 e. The highest BCUT2D eigenvalue weighted by Gasteiger charge is 2.27. The van der Waals surface area contributed by atoms with Gasteiger partial charge in [-0.2, -0.15) is 0 Å². The minimum atomic E-state index is -0.590. The number of nitrogens with one attached hydrogen (secondary N) is 2. The molecular formula is C20H28N4O2S. The van der Waals surface area contributed by atoms with Crippen molar-refractivity contribution in [1.29, 1.82) is 0 Å². The van der Waals surface area contributed by atoms with Gasteiger partial charge in [-0.05, 0) is 24.8 Å². The molecule has 0 spiro atoms. The van der Waals surface area contributed by atoms with Crippen LogP contribution in [0.25, 0.3) is 10.6 Å². The molecular weight excluding hydrogens is 360 g/mol. The highest BCUT2D eigenvalue weighted by Crippen LogP contribution is 2.27. The third-order valence-corrected chi connectivity index (χ3v) is 5.21. The summed E-state index contributed by atoms with van der Waals surface area (Å²) in [5.41, 5.74) is 2.11. The zero-order valence-corrected chi connectivity index (χ0v) is 17.4. The number of hydrogen-bond donors (Lipinski definition) is 2. The highest BCUT2D eigenvalue weighted by atomic mass is 32.1. The van der Waals surface area contributed by atoms with Gasteiger partial charge in [-0.1, -0.05) is 69.2 Å². The molecule has 1 aromatic carbocycles. The Kier molecular flexibility index (Phi) is 7.47. The average Bonchev–Trinajstić information content (AvgIpc) is 3.06. The number of aromatic nitrogens is 2. The van der Waals surface area contributed by atoms with E-state index < -0.39 is 6.04 Å². The van der Waals surface area contributed by atoms with Crippen LogP contribution in [0.1, 0.15) is 46.1 Å². The molecule has 2 atom stereocenters. The lowest BCUT2D eigenvalue weighted by Gasteiger charge is -2.23. The molecule has 0 saturated heterocycles. The predicted octanol–water partition coefficient (Wildman–Crippen LogP) is 4.03. The van der Waals surface area contributed by atoms with Crippen LogP contribution in [0.5, 0.6) is 0 Å². The van der Waals surface area contributed by atoms with E-state index in [1.807, 2.05) is 58.9 Å². The Balaban J connectivity index is 2.09. The molecule has 0 saturated carbocycles. The molecule has 0 aliphatic rings. The summed E-state index contributed by atoms with van der Waals surface area (Å²) in [6, 6.07) is 7.39. The maximum Gasteiger partial charge on any atom is 0.249 e. The second kappa shape index (κ2) is 9.60. The Labute approximate surface area is 164 Å². The van der Waals surface area contributed by atoms with E-state index >= 15 is 0 Å². The van der Waals surface area contributed by atoms with Crippen LogP contribution < -0.4 is 10.6 Å². The van der Waals surface area contributed by atoms with Gasteiger partial charge in [-0.25, -0.2) is 0 Å². The van der Waals surface area contributed by atoms with Gasteiger partial charge in [0.15, 0.2) is 0 Å². The molecule has 2 aromatic rings. The molecule has 0 unspecified atom stereocenters. The van der Waals surface area contributed by atoms with Crippen LogP contribution in [0.4, 0.5) is 5.13 Å². The first-order valence-electron chi connectivity index (χ1n) is 9.30. The fourth-order valence-corrected chi connectivity index (χ4v) is 3.40. The number of nitrogens with zero attached hydrogens (tertiary/aromatic N) is 2. The summed E-state index contributed by atoms with van der Waals surface area (Å²) in [6.07, 6.45) is 1.18. The number of benzene rings is 1. The van der Waals surface area contributed by atoms with E-state index in [1.165, 1.54) is 11.3 Å². The van der Waals surface area contributed by atoms with Crippen LogP contribution in [-0.2, 0) is 9.59 Å². The lowest BCUT2D eigenvalue weighted by atomic mass is 9.97. The molecule has 2 amide bonds. The van der Waals surface area contributed by atoms with Crippen molar-refractivity contribution in [3.63, 3.8) is 0 Å². The topological polar surface area (TPSA) is 84.0 Å². The van der Waals surface area contributed by atoms with Crippen molar-refractivity contribution in [2.45, 2.75) is 53.5 Å². The fraction of sp³-hybridized carbons (Fsp3) is 0.500. The van der Waals surface area contributed by atoms with E-state index in [1.54, 1.807) is 0 Å². The molecule has 1 aromatic heterocycles. The standard InChI is InChI=1S/C20H28N4O2S/c1-6-14(5)17(21-16(25)10-12(2)3)18(26)22-20-24-23-19(27-20)15-9-7-8-13(4)11-15/h7-9,11-12,14,17H,6,10H2,1-5H3,(H,21,25)(H,22,24,26)/t14-,17-/m0/s1. The van der Waals surface area contributed by atoms with Crippen LogP contribution in [0.2, 0.25) is 0 Å². The molecule has 6 nitrogen and oxygen atoms in total. The number of hydrogen-bond acceptors (Lipinski definition) is 5. The van der Waals surface area contributed by atoms with Gasteiger partial charge in [-0.15, -0.1) is 10.2 Å². The normalized spacial score (nSPS) is 13.3. The fourth-order valence-electron chi connectivity index (χ4n) is 2.66. The smallest absolute Gasteiger partial charge is 0.249 e. The van der Waals surface area contributed by atoms with Crippen LogP contribution in [0, 0.1) is 18.8 Å². The summed E-state index contributed by atoms with van der Waals surface area (Å²) in [7, 11) is 0. The van der Waals surface area contributed by atoms with Crippen molar-refractivity contribution in [3.05, 3.63) is 29.8 Å². The Morgan fingerprint density at radius 2 is 1.93 bits per heavy atom. The Morgan fingerprint density at radius 1 is 1.19 bits per heavy atom. The first-order valence-corrected chi connectivity index (χ1v) is 10.1. The van der Waals surface area contributed by atoms with E-state index in [0.717, 1.165) is 22.6 Å². The number of anilines is 1. The van der Waals surface area contributed by atoms with E-state index in [-0.39, 0.29) is 23.7 Å². The molecule has 2 rings (SSSR count). The lowest BCUT2D eigenvalue weighted by Crippen LogP contribution is -2.47. The van der Waals surface area contributed by atoms with Crippen molar-refractivity contribution in [2.24, 2.45) is 11.8 Å². The number of carbonyl (C=O) groups is 2. The third kappa shape index (κ3) is 6.13. The van der Waals surface area contributed by atoms with Crippen LogP contribution in [-0.4, -0.2) is 28.1 Å². The first kappa shape index (κ1) is 21.0. The zero-order chi connectivity index (χ0) is 20.0. The van der Waals surface area contributed by atoms with Crippen LogP contribution in [0.3, 0.4) is 0 Å². The zero-order valence-electron chi connectivity index (χ0n) is 16.6. The Bertz CT molecular complexity index is 788. The molecule has 1 heterocycles. The molecule has 0 fully saturated rings. The summed E-state index contributed by atoms with van der Waals surface area (Å²) >= 11 is 1.32.